The van der Waals surface area contributed by atoms with Gasteiger partial charge < -0.3 is 5.11 Å². The van der Waals surface area contributed by atoms with Gasteiger partial charge in [-0.25, -0.2) is 13.1 Å². The summed E-state index contributed by atoms with van der Waals surface area (Å²) in [6, 6.07) is 5.79. The molecule has 0 heterocycles. The Kier molecular flexibility index (Phi) is 4.36. The number of hydrogen-bond donors (Lipinski definition) is 2. The van der Waals surface area contributed by atoms with E-state index in [1.54, 1.807) is 6.07 Å². The van der Waals surface area contributed by atoms with Crippen molar-refractivity contribution in [3.8, 4) is 0 Å². The summed E-state index contributed by atoms with van der Waals surface area (Å²) in [5.74, 6) is -0.273. The lowest BCUT2D eigenvalue weighted by atomic mass is 9.83. The Hall–Kier alpha value is -1.51. The lowest BCUT2D eigenvalue weighted by Crippen LogP contribution is -2.38. The minimum absolute atomic E-state index is 0.144. The quantitative estimate of drug-likeness (QED) is 0.596. The predicted octanol–water partition coefficient (Wildman–Crippen LogP) is 0.785. The van der Waals surface area contributed by atoms with Gasteiger partial charge in [-0.1, -0.05) is 18.2 Å². The van der Waals surface area contributed by atoms with Crippen LogP contribution >= 0.6 is 0 Å². The van der Waals surface area contributed by atoms with Gasteiger partial charge in [-0.05, 0) is 18.8 Å². The molecule has 1 saturated carbocycles. The van der Waals surface area contributed by atoms with Gasteiger partial charge in [0.2, 0.25) is 10.0 Å². The number of nitrogens with zero attached hydrogens (tertiary/aromatic N) is 1. The van der Waals surface area contributed by atoms with Crippen molar-refractivity contribution in [2.24, 2.45) is 5.92 Å². The summed E-state index contributed by atoms with van der Waals surface area (Å²) in [4.78, 5) is 10.2. The van der Waals surface area contributed by atoms with E-state index < -0.39 is 20.7 Å². The first-order valence-electron chi connectivity index (χ1n) is 6.25. The molecule has 1 fully saturated rings. The van der Waals surface area contributed by atoms with E-state index in [-0.39, 0.29) is 29.8 Å². The predicted molar refractivity (Wildman–Crippen MR) is 72.5 cm³/mol. The van der Waals surface area contributed by atoms with Crippen molar-refractivity contribution in [2.45, 2.75) is 24.7 Å². The van der Waals surface area contributed by atoms with Crippen molar-refractivity contribution in [2.75, 3.05) is 6.54 Å². The van der Waals surface area contributed by atoms with Gasteiger partial charge in [-0.15, -0.1) is 0 Å². The Balaban J connectivity index is 1.99. The van der Waals surface area contributed by atoms with Crippen molar-refractivity contribution in [3.63, 3.8) is 0 Å². The molecular formula is C12H16N2O5S. The molecule has 0 saturated heterocycles. The van der Waals surface area contributed by atoms with Crippen LogP contribution in [0.15, 0.2) is 24.3 Å². The fraction of sp³-hybridized carbons (Fsp3) is 0.500. The highest BCUT2D eigenvalue weighted by Crippen LogP contribution is 2.26. The zero-order valence-corrected chi connectivity index (χ0v) is 11.5. The van der Waals surface area contributed by atoms with Crippen molar-refractivity contribution in [1.29, 1.82) is 0 Å². The first kappa shape index (κ1) is 14.9. The summed E-state index contributed by atoms with van der Waals surface area (Å²) >= 11 is 0. The van der Waals surface area contributed by atoms with Gasteiger partial charge in [0.05, 0.1) is 16.8 Å². The standard InChI is InChI=1S/C12H16N2O5S/c15-11-5-9(6-11)7-13-20(18,19)8-10-3-1-2-4-12(10)14(16)17/h1-4,9,11,13,15H,5-8H2. The van der Waals surface area contributed by atoms with Crippen LogP contribution in [0, 0.1) is 16.0 Å². The largest absolute Gasteiger partial charge is 0.393 e. The molecular weight excluding hydrogens is 284 g/mol. The Morgan fingerprint density at radius 1 is 1.35 bits per heavy atom. The van der Waals surface area contributed by atoms with E-state index in [2.05, 4.69) is 4.72 Å². The van der Waals surface area contributed by atoms with Crippen molar-refractivity contribution < 1.29 is 18.4 Å². The Morgan fingerprint density at radius 2 is 2.00 bits per heavy atom. The van der Waals surface area contributed by atoms with Crippen LogP contribution in [-0.2, 0) is 15.8 Å². The summed E-state index contributed by atoms with van der Waals surface area (Å²) < 4.78 is 26.2. The highest BCUT2D eigenvalue weighted by atomic mass is 32.2. The number of nitro groups is 1. The number of benzene rings is 1. The fourth-order valence-electron chi connectivity index (χ4n) is 2.18. The summed E-state index contributed by atoms with van der Waals surface area (Å²) in [7, 11) is -3.62. The van der Waals surface area contributed by atoms with Crippen molar-refractivity contribution in [1.82, 2.24) is 4.72 Å². The molecule has 0 atom stereocenters. The molecule has 0 unspecified atom stereocenters. The normalized spacial score (nSPS) is 22.2. The summed E-state index contributed by atoms with van der Waals surface area (Å²) in [5.41, 5.74) is -0.0319. The second-order valence-electron chi connectivity index (χ2n) is 4.98. The molecule has 2 rings (SSSR count). The van der Waals surface area contributed by atoms with Gasteiger partial charge in [0.25, 0.3) is 5.69 Å². The fourth-order valence-corrected chi connectivity index (χ4v) is 3.42. The molecule has 1 aliphatic carbocycles. The highest BCUT2D eigenvalue weighted by Gasteiger charge is 2.28. The average molecular weight is 300 g/mol. The van der Waals surface area contributed by atoms with Gasteiger partial charge in [0.1, 0.15) is 0 Å². The molecule has 1 aromatic carbocycles. The summed E-state index contributed by atoms with van der Waals surface area (Å²) in [5, 5.41) is 20.0. The molecule has 8 heteroatoms. The molecule has 0 spiro atoms. The molecule has 20 heavy (non-hydrogen) atoms. The average Bonchev–Trinajstić information content (AvgIpc) is 2.33. The number of aliphatic hydroxyl groups excluding tert-OH is 1. The van der Waals surface area contributed by atoms with E-state index in [1.807, 2.05) is 0 Å². The molecule has 1 aromatic rings. The summed E-state index contributed by atoms with van der Waals surface area (Å²) in [6.07, 6.45) is 0.849. The SMILES string of the molecule is O=[N+]([O-])c1ccccc1CS(=O)(=O)NCC1CC(O)C1. The zero-order chi connectivity index (χ0) is 14.8. The molecule has 1 aliphatic rings. The van der Waals surface area contributed by atoms with Gasteiger partial charge in [-0.2, -0.15) is 0 Å². The maximum atomic E-state index is 11.9. The molecule has 0 amide bonds. The summed E-state index contributed by atoms with van der Waals surface area (Å²) in [6.45, 7) is 0.264. The maximum Gasteiger partial charge on any atom is 0.273 e. The number of aliphatic hydroxyl groups is 1. The monoisotopic (exact) mass is 300 g/mol. The van der Waals surface area contributed by atoms with Gasteiger partial charge in [0.15, 0.2) is 0 Å². The molecule has 7 nitrogen and oxygen atoms in total. The minimum Gasteiger partial charge on any atom is -0.393 e. The second-order valence-corrected chi connectivity index (χ2v) is 6.79. The topological polar surface area (TPSA) is 110 Å². The number of rotatable bonds is 6. The lowest BCUT2D eigenvalue weighted by molar-refractivity contribution is -0.385. The van der Waals surface area contributed by atoms with E-state index >= 15 is 0 Å². The van der Waals surface area contributed by atoms with Gasteiger partial charge >= 0.3 is 0 Å². The Labute approximate surface area is 116 Å². The Bertz CT molecular complexity index is 596. The number of hydrogen-bond acceptors (Lipinski definition) is 5. The molecule has 0 radical (unpaired) electrons. The van der Waals surface area contributed by atoms with Gasteiger partial charge in [-0.3, -0.25) is 10.1 Å². The van der Waals surface area contributed by atoms with E-state index in [4.69, 9.17) is 5.11 Å². The maximum absolute atomic E-state index is 11.9. The first-order chi connectivity index (χ1) is 9.37. The van der Waals surface area contributed by atoms with Crippen molar-refractivity contribution in [3.05, 3.63) is 39.9 Å². The minimum atomic E-state index is -3.62. The van der Waals surface area contributed by atoms with E-state index in [0.29, 0.717) is 12.8 Å². The van der Waals surface area contributed by atoms with E-state index in [0.717, 1.165) is 0 Å². The van der Waals surface area contributed by atoms with Crippen LogP contribution in [0.5, 0.6) is 0 Å². The third-order valence-corrected chi connectivity index (χ3v) is 4.63. The highest BCUT2D eigenvalue weighted by molar-refractivity contribution is 7.88. The second kappa shape index (κ2) is 5.86. The number of nitrogens with one attached hydrogen (secondary N) is 1. The van der Waals surface area contributed by atoms with Crippen LogP contribution in [0.3, 0.4) is 0 Å². The first-order valence-corrected chi connectivity index (χ1v) is 7.90. The molecule has 2 N–H and O–H groups in total. The van der Waals surface area contributed by atoms with Crippen LogP contribution < -0.4 is 4.72 Å². The lowest BCUT2D eigenvalue weighted by Gasteiger charge is -2.31. The third-order valence-electron chi connectivity index (χ3n) is 3.34. The van der Waals surface area contributed by atoms with Crippen LogP contribution in [0.4, 0.5) is 5.69 Å². The molecule has 0 aromatic heterocycles. The van der Waals surface area contributed by atoms with Gasteiger partial charge in [0, 0.05) is 18.2 Å². The van der Waals surface area contributed by atoms with Crippen LogP contribution in [0.2, 0.25) is 0 Å². The van der Waals surface area contributed by atoms with Crippen LogP contribution in [0.1, 0.15) is 18.4 Å². The smallest absolute Gasteiger partial charge is 0.273 e. The number of para-hydroxylation sites is 1. The van der Waals surface area contributed by atoms with E-state index in [9.17, 15) is 18.5 Å². The van der Waals surface area contributed by atoms with E-state index in [1.165, 1.54) is 18.2 Å². The number of sulfonamides is 1. The molecule has 110 valence electrons. The van der Waals surface area contributed by atoms with Crippen LogP contribution in [-0.4, -0.2) is 31.1 Å². The zero-order valence-electron chi connectivity index (χ0n) is 10.7. The van der Waals surface area contributed by atoms with Crippen LogP contribution in [0.25, 0.3) is 0 Å². The number of nitro benzene ring substituents is 1. The molecule has 0 bridgehead atoms. The third kappa shape index (κ3) is 3.75. The van der Waals surface area contributed by atoms with Crippen molar-refractivity contribution >= 4 is 15.7 Å². The Morgan fingerprint density at radius 3 is 2.60 bits per heavy atom. The molecule has 0 aliphatic heterocycles.